The molecule has 2 saturated carbocycles. The molecule has 5 nitrogen and oxygen atoms in total. The molecule has 0 aromatic carbocycles. The molecule has 5 unspecified atom stereocenters. The number of urea groups is 1. The Kier molecular flexibility index (Phi) is 5.48. The number of aliphatic carboxylic acids is 1. The minimum absolute atomic E-state index is 0.0796. The molecule has 2 aliphatic carbocycles. The molecule has 5 heteroatoms. The van der Waals surface area contributed by atoms with Gasteiger partial charge in [0.2, 0.25) is 0 Å². The van der Waals surface area contributed by atoms with Crippen molar-refractivity contribution >= 4 is 12.0 Å². The highest BCUT2D eigenvalue weighted by Crippen LogP contribution is 2.31. The second kappa shape index (κ2) is 7.14. The maximum absolute atomic E-state index is 12.0. The highest BCUT2D eigenvalue weighted by molar-refractivity contribution is 5.74. The molecule has 0 saturated heterocycles. The summed E-state index contributed by atoms with van der Waals surface area (Å²) in [6, 6.07) is 0.101. The van der Waals surface area contributed by atoms with E-state index in [0.29, 0.717) is 18.4 Å². The lowest BCUT2D eigenvalue weighted by atomic mass is 9.78. The van der Waals surface area contributed by atoms with Gasteiger partial charge in [-0.3, -0.25) is 4.79 Å². The topological polar surface area (TPSA) is 78.4 Å². The molecule has 0 heterocycles. The first-order valence-corrected chi connectivity index (χ1v) is 8.26. The average molecular weight is 296 g/mol. The number of nitrogens with one attached hydrogen (secondary N) is 2. The number of carbonyl (C=O) groups excluding carboxylic acids is 1. The van der Waals surface area contributed by atoms with Gasteiger partial charge in [0.05, 0.1) is 5.92 Å². The Hall–Kier alpha value is -1.26. The molecule has 0 aromatic rings. The van der Waals surface area contributed by atoms with Crippen molar-refractivity contribution in [2.75, 3.05) is 6.54 Å². The Labute approximate surface area is 126 Å². The van der Waals surface area contributed by atoms with Gasteiger partial charge in [0, 0.05) is 12.6 Å². The van der Waals surface area contributed by atoms with E-state index >= 15 is 0 Å². The zero-order valence-electron chi connectivity index (χ0n) is 13.1. The van der Waals surface area contributed by atoms with Gasteiger partial charge in [0.25, 0.3) is 0 Å². The van der Waals surface area contributed by atoms with Crippen molar-refractivity contribution in [2.45, 2.75) is 58.4 Å². The van der Waals surface area contributed by atoms with Crippen LogP contribution >= 0.6 is 0 Å². The Morgan fingerprint density at radius 3 is 2.52 bits per heavy atom. The molecular weight excluding hydrogens is 268 g/mol. The van der Waals surface area contributed by atoms with Gasteiger partial charge in [-0.25, -0.2) is 4.79 Å². The standard InChI is InChI=1S/C16H28N2O3/c1-10-5-3-8-14(11(10)2)18-16(21)17-9-12-6-4-7-13(12)15(19)20/h10-14H,3-9H2,1-2H3,(H,19,20)(H2,17,18,21). The maximum Gasteiger partial charge on any atom is 0.315 e. The van der Waals surface area contributed by atoms with Crippen LogP contribution in [-0.4, -0.2) is 29.7 Å². The Morgan fingerprint density at radius 1 is 1.10 bits per heavy atom. The average Bonchev–Trinajstić information content (AvgIpc) is 2.90. The minimum atomic E-state index is -0.727. The first-order chi connectivity index (χ1) is 9.99. The summed E-state index contributed by atoms with van der Waals surface area (Å²) >= 11 is 0. The van der Waals surface area contributed by atoms with Gasteiger partial charge >= 0.3 is 12.0 Å². The van der Waals surface area contributed by atoms with Crippen LogP contribution in [0.15, 0.2) is 0 Å². The van der Waals surface area contributed by atoms with Crippen LogP contribution in [0.5, 0.6) is 0 Å². The fourth-order valence-electron chi connectivity index (χ4n) is 3.84. The van der Waals surface area contributed by atoms with Crippen LogP contribution in [0.3, 0.4) is 0 Å². The first-order valence-electron chi connectivity index (χ1n) is 8.26. The molecule has 21 heavy (non-hydrogen) atoms. The number of hydrogen-bond donors (Lipinski definition) is 3. The lowest BCUT2D eigenvalue weighted by Gasteiger charge is -2.34. The molecule has 0 radical (unpaired) electrons. The molecule has 5 atom stereocenters. The predicted octanol–water partition coefficient (Wildman–Crippen LogP) is 2.61. The maximum atomic E-state index is 12.0. The number of carboxylic acids is 1. The lowest BCUT2D eigenvalue weighted by molar-refractivity contribution is -0.142. The van der Waals surface area contributed by atoms with E-state index in [4.69, 9.17) is 5.11 Å². The summed E-state index contributed by atoms with van der Waals surface area (Å²) in [6.45, 7) is 4.91. The van der Waals surface area contributed by atoms with Crippen molar-refractivity contribution in [3.63, 3.8) is 0 Å². The van der Waals surface area contributed by atoms with Crippen LogP contribution < -0.4 is 10.6 Å². The number of rotatable bonds is 4. The molecule has 3 N–H and O–H groups in total. The Bertz CT molecular complexity index is 386. The molecule has 2 aliphatic rings. The quantitative estimate of drug-likeness (QED) is 0.746. The number of carbonyl (C=O) groups is 2. The third-order valence-corrected chi connectivity index (χ3v) is 5.52. The molecular formula is C16H28N2O3. The lowest BCUT2D eigenvalue weighted by Crippen LogP contribution is -2.49. The zero-order chi connectivity index (χ0) is 15.4. The van der Waals surface area contributed by atoms with Gasteiger partial charge in [0.1, 0.15) is 0 Å². The molecule has 0 spiro atoms. The van der Waals surface area contributed by atoms with Gasteiger partial charge < -0.3 is 15.7 Å². The van der Waals surface area contributed by atoms with Gasteiger partial charge in [-0.2, -0.15) is 0 Å². The van der Waals surface area contributed by atoms with Gasteiger partial charge in [0.15, 0.2) is 0 Å². The predicted molar refractivity (Wildman–Crippen MR) is 81.0 cm³/mol. The zero-order valence-corrected chi connectivity index (χ0v) is 13.1. The normalized spacial score (nSPS) is 36.2. The van der Waals surface area contributed by atoms with Crippen molar-refractivity contribution in [3.05, 3.63) is 0 Å². The van der Waals surface area contributed by atoms with Crippen LogP contribution in [-0.2, 0) is 4.79 Å². The third kappa shape index (κ3) is 4.11. The second-order valence-electron chi connectivity index (χ2n) is 6.86. The molecule has 2 amide bonds. The van der Waals surface area contributed by atoms with Crippen molar-refractivity contribution < 1.29 is 14.7 Å². The van der Waals surface area contributed by atoms with Crippen molar-refractivity contribution in [1.29, 1.82) is 0 Å². The van der Waals surface area contributed by atoms with E-state index in [1.807, 2.05) is 0 Å². The SMILES string of the molecule is CC1CCCC(NC(=O)NCC2CCCC2C(=O)O)C1C. The number of hydrogen-bond acceptors (Lipinski definition) is 2. The molecule has 0 aromatic heterocycles. The van der Waals surface area contributed by atoms with Crippen LogP contribution in [0.2, 0.25) is 0 Å². The van der Waals surface area contributed by atoms with E-state index in [9.17, 15) is 9.59 Å². The molecule has 0 bridgehead atoms. The van der Waals surface area contributed by atoms with E-state index in [-0.39, 0.29) is 23.9 Å². The molecule has 2 rings (SSSR count). The first kappa shape index (κ1) is 16.1. The Balaban J connectivity index is 1.76. The highest BCUT2D eigenvalue weighted by atomic mass is 16.4. The summed E-state index contributed by atoms with van der Waals surface area (Å²) < 4.78 is 0. The highest BCUT2D eigenvalue weighted by Gasteiger charge is 2.33. The summed E-state index contributed by atoms with van der Waals surface area (Å²) in [5.41, 5.74) is 0. The summed E-state index contributed by atoms with van der Waals surface area (Å²) in [6.07, 6.45) is 6.03. The summed E-state index contributed by atoms with van der Waals surface area (Å²) in [7, 11) is 0. The van der Waals surface area contributed by atoms with Crippen LogP contribution in [0.4, 0.5) is 4.79 Å². The summed E-state index contributed by atoms with van der Waals surface area (Å²) in [5, 5.41) is 15.1. The van der Waals surface area contributed by atoms with Crippen molar-refractivity contribution in [3.8, 4) is 0 Å². The van der Waals surface area contributed by atoms with Gasteiger partial charge in [-0.1, -0.05) is 33.1 Å². The largest absolute Gasteiger partial charge is 0.481 e. The van der Waals surface area contributed by atoms with E-state index in [0.717, 1.165) is 25.7 Å². The van der Waals surface area contributed by atoms with Crippen molar-refractivity contribution in [2.24, 2.45) is 23.7 Å². The fourth-order valence-corrected chi connectivity index (χ4v) is 3.84. The molecule has 2 fully saturated rings. The summed E-state index contributed by atoms with van der Waals surface area (Å²) in [4.78, 5) is 23.2. The number of carboxylic acid groups (broad SMARTS) is 1. The second-order valence-corrected chi connectivity index (χ2v) is 6.86. The monoisotopic (exact) mass is 296 g/mol. The molecule has 0 aliphatic heterocycles. The summed E-state index contributed by atoms with van der Waals surface area (Å²) in [5.74, 6) is 0.210. The van der Waals surface area contributed by atoms with E-state index in [2.05, 4.69) is 24.5 Å². The third-order valence-electron chi connectivity index (χ3n) is 5.52. The van der Waals surface area contributed by atoms with Crippen molar-refractivity contribution in [1.82, 2.24) is 10.6 Å². The van der Waals surface area contributed by atoms with E-state index in [1.165, 1.54) is 12.8 Å². The Morgan fingerprint density at radius 2 is 1.81 bits per heavy atom. The van der Waals surface area contributed by atoms with Crippen LogP contribution in [0.1, 0.15) is 52.4 Å². The van der Waals surface area contributed by atoms with Crippen LogP contribution in [0.25, 0.3) is 0 Å². The minimum Gasteiger partial charge on any atom is -0.481 e. The smallest absolute Gasteiger partial charge is 0.315 e. The fraction of sp³-hybridized carbons (Fsp3) is 0.875. The van der Waals surface area contributed by atoms with E-state index in [1.54, 1.807) is 0 Å². The number of amides is 2. The van der Waals surface area contributed by atoms with Gasteiger partial charge in [-0.05, 0) is 37.0 Å². The van der Waals surface area contributed by atoms with Gasteiger partial charge in [-0.15, -0.1) is 0 Å². The van der Waals surface area contributed by atoms with E-state index < -0.39 is 5.97 Å². The van der Waals surface area contributed by atoms with Crippen LogP contribution in [0, 0.1) is 23.7 Å². The molecule has 120 valence electrons.